The van der Waals surface area contributed by atoms with Crippen molar-refractivity contribution in [3.8, 4) is 11.5 Å². The Kier molecular flexibility index (Phi) is 5.78. The lowest BCUT2D eigenvalue weighted by Gasteiger charge is -2.11. The number of amides is 2. The van der Waals surface area contributed by atoms with Crippen molar-refractivity contribution in [3.05, 3.63) is 59.2 Å². The smallest absolute Gasteiger partial charge is 0.258 e. The van der Waals surface area contributed by atoms with Gasteiger partial charge in [0.15, 0.2) is 6.61 Å². The maximum atomic E-state index is 11.9. The van der Waals surface area contributed by atoms with E-state index in [1.165, 1.54) is 0 Å². The molecule has 6 heteroatoms. The van der Waals surface area contributed by atoms with Gasteiger partial charge in [0.1, 0.15) is 11.5 Å². The van der Waals surface area contributed by atoms with E-state index in [2.05, 4.69) is 5.32 Å². The zero-order valence-electron chi connectivity index (χ0n) is 13.7. The summed E-state index contributed by atoms with van der Waals surface area (Å²) in [6.07, 6.45) is 0. The molecule has 0 fully saturated rings. The van der Waals surface area contributed by atoms with Gasteiger partial charge in [-0.2, -0.15) is 0 Å². The van der Waals surface area contributed by atoms with Crippen molar-refractivity contribution in [2.45, 2.75) is 13.5 Å². The van der Waals surface area contributed by atoms with Crippen molar-refractivity contribution >= 4 is 11.8 Å². The topological polar surface area (TPSA) is 90.7 Å². The molecule has 2 aromatic carbocycles. The number of rotatable bonds is 7. The van der Waals surface area contributed by atoms with Crippen LogP contribution in [0.1, 0.15) is 21.5 Å². The number of hydrogen-bond donors (Lipinski definition) is 2. The molecule has 2 aromatic rings. The Balaban J connectivity index is 1.89. The molecule has 24 heavy (non-hydrogen) atoms. The quantitative estimate of drug-likeness (QED) is 0.811. The van der Waals surface area contributed by atoms with E-state index in [1.54, 1.807) is 25.3 Å². The van der Waals surface area contributed by atoms with Crippen LogP contribution in [0.3, 0.4) is 0 Å². The number of aryl methyl sites for hydroxylation is 1. The summed E-state index contributed by atoms with van der Waals surface area (Å²) in [5.41, 5.74) is 7.41. The Labute approximate surface area is 140 Å². The zero-order valence-corrected chi connectivity index (χ0v) is 13.7. The average molecular weight is 328 g/mol. The second-order valence-corrected chi connectivity index (χ2v) is 5.28. The van der Waals surface area contributed by atoms with Crippen LogP contribution in [0.25, 0.3) is 0 Å². The van der Waals surface area contributed by atoms with Crippen molar-refractivity contribution in [1.82, 2.24) is 5.32 Å². The van der Waals surface area contributed by atoms with Gasteiger partial charge in [-0.15, -0.1) is 0 Å². The van der Waals surface area contributed by atoms with E-state index in [-0.39, 0.29) is 18.1 Å². The molecule has 0 radical (unpaired) electrons. The summed E-state index contributed by atoms with van der Waals surface area (Å²) in [4.78, 5) is 23.3. The highest BCUT2D eigenvalue weighted by Gasteiger charge is 2.11. The maximum Gasteiger partial charge on any atom is 0.258 e. The Hall–Kier alpha value is -3.02. The highest BCUT2D eigenvalue weighted by Crippen LogP contribution is 2.19. The molecule has 6 nitrogen and oxygen atoms in total. The standard InChI is InChI=1S/C18H20N2O4/c1-12-3-8-15(18(19)22)16(9-12)24-11-17(21)20-10-13-4-6-14(23-2)7-5-13/h3-9H,10-11H2,1-2H3,(H2,19,22)(H,20,21). The van der Waals surface area contributed by atoms with Gasteiger partial charge < -0.3 is 20.5 Å². The molecule has 3 N–H and O–H groups in total. The number of carbonyl (C=O) groups is 2. The molecule has 0 aliphatic rings. The van der Waals surface area contributed by atoms with E-state index in [9.17, 15) is 9.59 Å². The summed E-state index contributed by atoms with van der Waals surface area (Å²) < 4.78 is 10.5. The van der Waals surface area contributed by atoms with Gasteiger partial charge in [0.25, 0.3) is 11.8 Å². The van der Waals surface area contributed by atoms with Gasteiger partial charge in [-0.25, -0.2) is 0 Å². The Morgan fingerprint density at radius 2 is 1.83 bits per heavy atom. The van der Waals surface area contributed by atoms with E-state index in [0.717, 1.165) is 16.9 Å². The lowest BCUT2D eigenvalue weighted by atomic mass is 10.1. The summed E-state index contributed by atoms with van der Waals surface area (Å²) in [6, 6.07) is 12.4. The number of ether oxygens (including phenoxy) is 2. The molecular formula is C18H20N2O4. The van der Waals surface area contributed by atoms with Gasteiger partial charge >= 0.3 is 0 Å². The van der Waals surface area contributed by atoms with E-state index >= 15 is 0 Å². The number of nitrogens with one attached hydrogen (secondary N) is 1. The maximum absolute atomic E-state index is 11.9. The zero-order chi connectivity index (χ0) is 17.5. The minimum atomic E-state index is -0.594. The molecule has 0 heterocycles. The predicted octanol–water partition coefficient (Wildman–Crippen LogP) is 1.80. The van der Waals surface area contributed by atoms with Crippen LogP contribution in [0.5, 0.6) is 11.5 Å². The molecule has 0 saturated carbocycles. The molecule has 0 atom stereocenters. The summed E-state index contributed by atoms with van der Waals surface area (Å²) >= 11 is 0. The van der Waals surface area contributed by atoms with Crippen LogP contribution in [-0.4, -0.2) is 25.5 Å². The molecule has 0 unspecified atom stereocenters. The van der Waals surface area contributed by atoms with Crippen molar-refractivity contribution in [2.24, 2.45) is 5.73 Å². The van der Waals surface area contributed by atoms with Gasteiger partial charge in [0.05, 0.1) is 12.7 Å². The molecule has 2 amide bonds. The minimum Gasteiger partial charge on any atom is -0.497 e. The van der Waals surface area contributed by atoms with Crippen molar-refractivity contribution in [2.75, 3.05) is 13.7 Å². The lowest BCUT2D eigenvalue weighted by Crippen LogP contribution is -2.28. The van der Waals surface area contributed by atoms with E-state index in [4.69, 9.17) is 15.2 Å². The van der Waals surface area contributed by atoms with E-state index < -0.39 is 5.91 Å². The fourth-order valence-corrected chi connectivity index (χ4v) is 2.09. The number of methoxy groups -OCH3 is 1. The number of benzene rings is 2. The molecular weight excluding hydrogens is 308 g/mol. The molecule has 0 aromatic heterocycles. The number of carbonyl (C=O) groups excluding carboxylic acids is 2. The van der Waals surface area contributed by atoms with Crippen LogP contribution < -0.4 is 20.5 Å². The van der Waals surface area contributed by atoms with Crippen LogP contribution in [0.2, 0.25) is 0 Å². The van der Waals surface area contributed by atoms with Gasteiger partial charge in [-0.05, 0) is 42.3 Å². The summed E-state index contributed by atoms with van der Waals surface area (Å²) in [6.45, 7) is 2.05. The van der Waals surface area contributed by atoms with Crippen molar-refractivity contribution < 1.29 is 19.1 Å². The van der Waals surface area contributed by atoms with Gasteiger partial charge in [-0.1, -0.05) is 18.2 Å². The molecule has 0 aliphatic carbocycles. The minimum absolute atomic E-state index is 0.195. The molecule has 2 rings (SSSR count). The largest absolute Gasteiger partial charge is 0.497 e. The van der Waals surface area contributed by atoms with Crippen LogP contribution in [0.4, 0.5) is 0 Å². The highest BCUT2D eigenvalue weighted by molar-refractivity contribution is 5.95. The van der Waals surface area contributed by atoms with Crippen molar-refractivity contribution in [3.63, 3.8) is 0 Å². The first-order valence-corrected chi connectivity index (χ1v) is 7.42. The lowest BCUT2D eigenvalue weighted by molar-refractivity contribution is -0.123. The summed E-state index contributed by atoms with van der Waals surface area (Å²) in [7, 11) is 1.60. The first-order chi connectivity index (χ1) is 11.5. The Bertz CT molecular complexity index is 726. The summed E-state index contributed by atoms with van der Waals surface area (Å²) in [5.74, 6) is 0.181. The van der Waals surface area contributed by atoms with Crippen LogP contribution in [0, 0.1) is 6.92 Å². The van der Waals surface area contributed by atoms with Gasteiger partial charge in [-0.3, -0.25) is 9.59 Å². The Morgan fingerprint density at radius 1 is 1.12 bits per heavy atom. The van der Waals surface area contributed by atoms with Crippen LogP contribution in [-0.2, 0) is 11.3 Å². The fraction of sp³-hybridized carbons (Fsp3) is 0.222. The summed E-state index contributed by atoms with van der Waals surface area (Å²) in [5, 5.41) is 2.75. The van der Waals surface area contributed by atoms with Crippen LogP contribution >= 0.6 is 0 Å². The van der Waals surface area contributed by atoms with Gasteiger partial charge in [0, 0.05) is 6.54 Å². The molecule has 0 aliphatic heterocycles. The molecule has 0 spiro atoms. The third kappa shape index (κ3) is 4.74. The molecule has 0 bridgehead atoms. The monoisotopic (exact) mass is 328 g/mol. The molecule has 0 saturated heterocycles. The van der Waals surface area contributed by atoms with Gasteiger partial charge in [0.2, 0.25) is 0 Å². The Morgan fingerprint density at radius 3 is 2.46 bits per heavy atom. The first-order valence-electron chi connectivity index (χ1n) is 7.42. The highest BCUT2D eigenvalue weighted by atomic mass is 16.5. The molecule has 126 valence electrons. The van der Waals surface area contributed by atoms with E-state index in [0.29, 0.717) is 12.3 Å². The average Bonchev–Trinajstić information content (AvgIpc) is 2.58. The third-order valence-electron chi connectivity index (χ3n) is 3.41. The normalized spacial score (nSPS) is 10.1. The second-order valence-electron chi connectivity index (χ2n) is 5.28. The van der Waals surface area contributed by atoms with E-state index in [1.807, 2.05) is 31.2 Å². The second kappa shape index (κ2) is 8.01. The third-order valence-corrected chi connectivity index (χ3v) is 3.41. The number of nitrogens with two attached hydrogens (primary N) is 1. The predicted molar refractivity (Wildman–Crippen MR) is 90.0 cm³/mol. The SMILES string of the molecule is COc1ccc(CNC(=O)COc2cc(C)ccc2C(N)=O)cc1. The first kappa shape index (κ1) is 17.3. The number of hydrogen-bond acceptors (Lipinski definition) is 4. The van der Waals surface area contributed by atoms with Crippen LogP contribution in [0.15, 0.2) is 42.5 Å². The fourth-order valence-electron chi connectivity index (χ4n) is 2.09. The van der Waals surface area contributed by atoms with Crippen molar-refractivity contribution in [1.29, 1.82) is 0 Å². The number of primary amides is 1.